The first-order chi connectivity index (χ1) is 22.2. The highest BCUT2D eigenvalue weighted by Crippen LogP contribution is 2.35. The van der Waals surface area contributed by atoms with Gasteiger partial charge in [0.1, 0.15) is 16.7 Å². The van der Waals surface area contributed by atoms with Gasteiger partial charge in [0.2, 0.25) is 11.8 Å². The number of aliphatic carboxylic acids is 1. The number of esters is 1. The molecule has 0 saturated heterocycles. The van der Waals surface area contributed by atoms with E-state index in [2.05, 4.69) is 15.6 Å². The molecule has 3 rings (SSSR count). The van der Waals surface area contributed by atoms with Crippen LogP contribution in [-0.2, 0) is 30.3 Å². The molecule has 13 heteroatoms. The maximum absolute atomic E-state index is 13.8. The fourth-order valence-corrected chi connectivity index (χ4v) is 6.45. The van der Waals surface area contributed by atoms with E-state index in [0.29, 0.717) is 11.4 Å². The number of amides is 3. The molecule has 2 aromatic rings. The summed E-state index contributed by atoms with van der Waals surface area (Å²) in [5.74, 6) is -2.96. The summed E-state index contributed by atoms with van der Waals surface area (Å²) in [5, 5.41) is 17.4. The number of carboxylic acid groups (broad SMARTS) is 1. The number of hydrogen-bond acceptors (Lipinski definition) is 9. The minimum Gasteiger partial charge on any atom is -0.481 e. The van der Waals surface area contributed by atoms with Gasteiger partial charge in [0.15, 0.2) is 6.10 Å². The third-order valence-electron chi connectivity index (χ3n) is 8.26. The topological polar surface area (TPSA) is 158 Å². The van der Waals surface area contributed by atoms with Crippen molar-refractivity contribution in [3.8, 4) is 0 Å². The molecule has 12 nitrogen and oxygen atoms in total. The van der Waals surface area contributed by atoms with Gasteiger partial charge in [-0.05, 0) is 57.2 Å². The van der Waals surface area contributed by atoms with Gasteiger partial charge in [-0.1, -0.05) is 51.1 Å². The Kier molecular flexibility index (Phi) is 13.9. The molecular weight excluding hydrogens is 622 g/mol. The number of thiazole rings is 1. The van der Waals surface area contributed by atoms with Crippen molar-refractivity contribution in [1.29, 1.82) is 0 Å². The van der Waals surface area contributed by atoms with E-state index in [0.717, 1.165) is 18.4 Å². The standard InChI is InChI=1S/C34H49N5O7S/c1-20(2)27(39(7)33(43)30(24-13-14-24)37-29(41)18-38(5)6)17-28(46-22(4)40)32-36-26(19-47-32)31(42)35-25(15-21(3)34(44)45)16-23-11-9-8-10-12-23/h8-12,19-21,24-25,27-28,30H,13-18H2,1-7H3,(H,35,42)(H,37,41)(H,44,45)/t21-,25+,27+,28+,30-/m0/s1. The fraction of sp³-hybridized carbons (Fsp3) is 0.588. The molecule has 0 bridgehead atoms. The van der Waals surface area contributed by atoms with Crippen molar-refractivity contribution in [2.24, 2.45) is 17.8 Å². The highest BCUT2D eigenvalue weighted by atomic mass is 32.1. The van der Waals surface area contributed by atoms with E-state index in [9.17, 15) is 29.1 Å². The molecule has 1 aliphatic carbocycles. The molecule has 5 atom stereocenters. The lowest BCUT2D eigenvalue weighted by Crippen LogP contribution is -2.54. The molecule has 1 aromatic heterocycles. The smallest absolute Gasteiger partial charge is 0.306 e. The number of hydrogen-bond donors (Lipinski definition) is 3. The average Bonchev–Trinajstić information content (AvgIpc) is 3.71. The molecular formula is C34H49N5O7S. The van der Waals surface area contributed by atoms with Crippen LogP contribution in [0, 0.1) is 17.8 Å². The molecule has 0 spiro atoms. The molecule has 0 unspecified atom stereocenters. The average molecular weight is 672 g/mol. The first-order valence-electron chi connectivity index (χ1n) is 16.1. The predicted molar refractivity (Wildman–Crippen MR) is 179 cm³/mol. The molecule has 3 amide bonds. The number of rotatable bonds is 18. The van der Waals surface area contributed by atoms with Crippen LogP contribution < -0.4 is 10.6 Å². The highest BCUT2D eigenvalue weighted by Gasteiger charge is 2.41. The van der Waals surface area contributed by atoms with Crippen LogP contribution in [0.1, 0.15) is 80.5 Å². The molecule has 1 saturated carbocycles. The quantitative estimate of drug-likeness (QED) is 0.202. The van der Waals surface area contributed by atoms with E-state index in [1.54, 1.807) is 43.2 Å². The second-order valence-electron chi connectivity index (χ2n) is 13.1. The summed E-state index contributed by atoms with van der Waals surface area (Å²) in [7, 11) is 5.29. The van der Waals surface area contributed by atoms with E-state index >= 15 is 0 Å². The number of benzene rings is 1. The first-order valence-corrected chi connectivity index (χ1v) is 16.9. The van der Waals surface area contributed by atoms with Gasteiger partial charge in [0.05, 0.1) is 12.5 Å². The van der Waals surface area contributed by atoms with E-state index in [1.807, 2.05) is 44.2 Å². The van der Waals surface area contributed by atoms with Crippen molar-refractivity contribution in [2.75, 3.05) is 27.7 Å². The van der Waals surface area contributed by atoms with Gasteiger partial charge in [-0.25, -0.2) is 4.98 Å². The van der Waals surface area contributed by atoms with Crippen LogP contribution in [0.5, 0.6) is 0 Å². The van der Waals surface area contributed by atoms with Crippen molar-refractivity contribution in [3.63, 3.8) is 0 Å². The van der Waals surface area contributed by atoms with E-state index < -0.39 is 42.0 Å². The Bertz CT molecular complexity index is 1380. The van der Waals surface area contributed by atoms with Crippen molar-refractivity contribution in [3.05, 3.63) is 52.0 Å². The number of carboxylic acids is 1. The normalized spacial score (nSPS) is 16.1. The monoisotopic (exact) mass is 671 g/mol. The summed E-state index contributed by atoms with van der Waals surface area (Å²) >= 11 is 1.18. The van der Waals surface area contributed by atoms with Crippen molar-refractivity contribution < 1.29 is 33.8 Å². The van der Waals surface area contributed by atoms with Gasteiger partial charge >= 0.3 is 11.9 Å². The molecule has 1 aromatic carbocycles. The Morgan fingerprint density at radius 3 is 2.23 bits per heavy atom. The molecule has 1 aliphatic rings. The van der Waals surface area contributed by atoms with Crippen molar-refractivity contribution >= 4 is 41.0 Å². The summed E-state index contributed by atoms with van der Waals surface area (Å²) in [5.41, 5.74) is 1.09. The number of nitrogens with one attached hydrogen (secondary N) is 2. The first kappa shape index (κ1) is 37.6. The Hall–Kier alpha value is -3.84. The van der Waals surface area contributed by atoms with E-state index in [-0.39, 0.29) is 54.8 Å². The number of likely N-dealkylation sites (N-methyl/N-ethyl adjacent to an activating group) is 2. The van der Waals surface area contributed by atoms with E-state index in [1.165, 1.54) is 18.3 Å². The van der Waals surface area contributed by atoms with Crippen molar-refractivity contribution in [1.82, 2.24) is 25.4 Å². The lowest BCUT2D eigenvalue weighted by molar-refractivity contribution is -0.149. The summed E-state index contributed by atoms with van der Waals surface area (Å²) in [4.78, 5) is 71.4. The molecule has 47 heavy (non-hydrogen) atoms. The lowest BCUT2D eigenvalue weighted by atomic mass is 9.95. The largest absolute Gasteiger partial charge is 0.481 e. The van der Waals surface area contributed by atoms with Crippen LogP contribution in [-0.4, -0.2) is 95.4 Å². The molecule has 3 N–H and O–H groups in total. The number of carbonyl (C=O) groups excluding carboxylic acids is 4. The molecule has 0 aliphatic heterocycles. The number of ether oxygens (including phenoxy) is 1. The van der Waals surface area contributed by atoms with Crippen molar-refractivity contribution in [2.45, 2.75) is 84.0 Å². The summed E-state index contributed by atoms with van der Waals surface area (Å²) in [6.07, 6.45) is 1.82. The van der Waals surface area contributed by atoms with Gasteiger partial charge in [-0.2, -0.15) is 0 Å². The molecule has 258 valence electrons. The summed E-state index contributed by atoms with van der Waals surface area (Å²) in [6.45, 7) is 7.03. The SMILES string of the molecule is CC(=O)O[C@H](C[C@H](C(C)C)N(C)C(=O)[C@@H](NC(=O)CN(C)C)C1CC1)c1nc(C(=O)N[C@@H](Cc2ccccc2)C[C@H](C)C(=O)O)cs1. The maximum Gasteiger partial charge on any atom is 0.306 e. The van der Waals surface area contributed by atoms with Crippen LogP contribution in [0.4, 0.5) is 0 Å². The van der Waals surface area contributed by atoms with Crippen LogP contribution in [0.3, 0.4) is 0 Å². The Labute approximate surface area is 281 Å². The van der Waals surface area contributed by atoms with Crippen LogP contribution >= 0.6 is 11.3 Å². The van der Waals surface area contributed by atoms with Crippen LogP contribution in [0.2, 0.25) is 0 Å². The third-order valence-corrected chi connectivity index (χ3v) is 9.20. The fourth-order valence-electron chi connectivity index (χ4n) is 5.62. The molecule has 0 radical (unpaired) electrons. The third kappa shape index (κ3) is 11.7. The number of nitrogens with zero attached hydrogens (tertiary/aromatic N) is 3. The summed E-state index contributed by atoms with van der Waals surface area (Å²) in [6, 6.07) is 8.06. The second-order valence-corrected chi connectivity index (χ2v) is 14.0. The minimum atomic E-state index is -0.944. The second kappa shape index (κ2) is 17.4. The van der Waals surface area contributed by atoms with Gasteiger partial charge in [0, 0.05) is 37.9 Å². The zero-order valence-corrected chi connectivity index (χ0v) is 29.2. The van der Waals surface area contributed by atoms with Gasteiger partial charge in [-0.15, -0.1) is 11.3 Å². The summed E-state index contributed by atoms with van der Waals surface area (Å²) < 4.78 is 5.71. The maximum atomic E-state index is 13.8. The zero-order valence-electron chi connectivity index (χ0n) is 28.4. The highest BCUT2D eigenvalue weighted by molar-refractivity contribution is 7.09. The lowest BCUT2D eigenvalue weighted by Gasteiger charge is -2.35. The Balaban J connectivity index is 1.78. The van der Waals surface area contributed by atoms with E-state index in [4.69, 9.17) is 4.74 Å². The van der Waals surface area contributed by atoms with Gasteiger partial charge < -0.3 is 30.3 Å². The number of aromatic nitrogens is 1. The van der Waals surface area contributed by atoms with Crippen LogP contribution in [0.15, 0.2) is 35.7 Å². The minimum absolute atomic E-state index is 0.0305. The Morgan fingerprint density at radius 1 is 1.02 bits per heavy atom. The zero-order chi connectivity index (χ0) is 34.8. The Morgan fingerprint density at radius 2 is 1.68 bits per heavy atom. The van der Waals surface area contributed by atoms with Gasteiger partial charge in [-0.3, -0.25) is 24.0 Å². The molecule has 1 heterocycles. The number of carbonyl (C=O) groups is 5. The molecule has 1 fully saturated rings. The van der Waals surface area contributed by atoms with Gasteiger partial charge in [0.25, 0.3) is 5.91 Å². The van der Waals surface area contributed by atoms with Crippen LogP contribution in [0.25, 0.3) is 0 Å². The predicted octanol–water partition coefficient (Wildman–Crippen LogP) is 3.53.